The average molecular weight is 520 g/mol. The van der Waals surface area contributed by atoms with Gasteiger partial charge >= 0.3 is 5.97 Å². The number of nitrogens with one attached hydrogen (secondary N) is 1. The third-order valence-corrected chi connectivity index (χ3v) is 6.10. The van der Waals surface area contributed by atoms with Crippen molar-refractivity contribution in [1.29, 1.82) is 0 Å². The van der Waals surface area contributed by atoms with Crippen LogP contribution in [-0.4, -0.2) is 48.3 Å². The summed E-state index contributed by atoms with van der Waals surface area (Å²) in [6.45, 7) is 0.771. The fourth-order valence-electron chi connectivity index (χ4n) is 2.90. The maximum atomic E-state index is 12.6. The monoisotopic (exact) mass is 518 g/mol. The molecule has 0 bridgehead atoms. The molecule has 2 aromatic rings. The van der Waals surface area contributed by atoms with Crippen molar-refractivity contribution >= 4 is 75.8 Å². The number of amides is 3. The first-order chi connectivity index (χ1) is 15.2. The molecule has 0 spiro atoms. The van der Waals surface area contributed by atoms with E-state index in [0.717, 1.165) is 0 Å². The molecule has 8 nitrogen and oxygen atoms in total. The molecule has 2 aromatic carbocycles. The van der Waals surface area contributed by atoms with Crippen molar-refractivity contribution in [1.82, 2.24) is 4.90 Å². The summed E-state index contributed by atoms with van der Waals surface area (Å²) in [4.78, 5) is 50.1. The molecule has 0 aliphatic carbocycles. The Bertz CT molecular complexity index is 1090. The van der Waals surface area contributed by atoms with Gasteiger partial charge in [0.05, 0.1) is 43.5 Å². The zero-order valence-corrected chi connectivity index (χ0v) is 19.4. The molecule has 3 amide bonds. The van der Waals surface area contributed by atoms with Crippen LogP contribution in [0.15, 0.2) is 24.3 Å². The van der Waals surface area contributed by atoms with Crippen molar-refractivity contribution in [2.75, 3.05) is 25.1 Å². The summed E-state index contributed by atoms with van der Waals surface area (Å²) < 4.78 is 10.3. The molecule has 0 atom stereocenters. The van der Waals surface area contributed by atoms with Crippen molar-refractivity contribution in [3.8, 4) is 5.75 Å². The predicted octanol–water partition coefficient (Wildman–Crippen LogP) is 4.48. The lowest BCUT2D eigenvalue weighted by Crippen LogP contribution is -2.36. The van der Waals surface area contributed by atoms with Gasteiger partial charge in [-0.25, -0.2) is 0 Å². The first kappa shape index (κ1) is 24.1. The lowest BCUT2D eigenvalue weighted by atomic mass is 10.1. The van der Waals surface area contributed by atoms with E-state index in [0.29, 0.717) is 22.9 Å². The predicted molar refractivity (Wildman–Crippen MR) is 119 cm³/mol. The molecule has 32 heavy (non-hydrogen) atoms. The maximum absolute atomic E-state index is 12.6. The number of carbonyl (C=O) groups is 4. The van der Waals surface area contributed by atoms with Crippen molar-refractivity contribution in [3.05, 3.63) is 55.5 Å². The average Bonchev–Trinajstić information content (AvgIpc) is 3.01. The van der Waals surface area contributed by atoms with E-state index in [-0.39, 0.29) is 31.2 Å². The van der Waals surface area contributed by atoms with E-state index in [9.17, 15) is 19.2 Å². The number of nitrogens with zero attached hydrogens (tertiary/aromatic N) is 1. The van der Waals surface area contributed by atoms with Gasteiger partial charge in [0.1, 0.15) is 12.3 Å². The number of halogens is 4. The number of benzene rings is 2. The molecule has 1 aliphatic heterocycles. The van der Waals surface area contributed by atoms with Crippen LogP contribution >= 0.6 is 46.4 Å². The largest absolute Gasteiger partial charge is 0.492 e. The summed E-state index contributed by atoms with van der Waals surface area (Å²) >= 11 is 24.0. The first-order valence-corrected chi connectivity index (χ1v) is 10.6. The third-order valence-electron chi connectivity index (χ3n) is 4.30. The van der Waals surface area contributed by atoms with Gasteiger partial charge in [0.2, 0.25) is 0 Å². The smallest absolute Gasteiger partial charge is 0.326 e. The van der Waals surface area contributed by atoms with Crippen molar-refractivity contribution < 1.29 is 28.7 Å². The lowest BCUT2D eigenvalue weighted by molar-refractivity contribution is -0.147. The summed E-state index contributed by atoms with van der Waals surface area (Å²) in [5, 5.41) is 1.67. The van der Waals surface area contributed by atoms with Gasteiger partial charge in [-0.1, -0.05) is 58.5 Å². The standard InChI is InChI=1S/C20H14Cl4N2O6/c1-2-31-10-6-4-3-5-9(10)25-11(27)8-32-12(28)7-26-19(29)13-14(20(26)30)16(22)18(24)17(23)15(13)21/h3-6H,2,7-8H2,1H3,(H,25,27). The fourth-order valence-corrected chi connectivity index (χ4v) is 3.91. The highest BCUT2D eigenvalue weighted by Gasteiger charge is 2.42. The molecule has 0 saturated heterocycles. The van der Waals surface area contributed by atoms with E-state index >= 15 is 0 Å². The Hall–Kier alpha value is -2.52. The molecule has 0 saturated carbocycles. The van der Waals surface area contributed by atoms with Crippen molar-refractivity contribution in [2.24, 2.45) is 0 Å². The fraction of sp³-hybridized carbons (Fsp3) is 0.200. The summed E-state index contributed by atoms with van der Waals surface area (Å²) in [7, 11) is 0. The number of esters is 1. The Balaban J connectivity index is 1.64. The molecule has 1 N–H and O–H groups in total. The summed E-state index contributed by atoms with van der Waals surface area (Å²) in [6.07, 6.45) is 0. The lowest BCUT2D eigenvalue weighted by Gasteiger charge is -2.14. The van der Waals surface area contributed by atoms with E-state index in [4.69, 9.17) is 55.9 Å². The molecule has 0 aromatic heterocycles. The van der Waals surface area contributed by atoms with Crippen LogP contribution < -0.4 is 10.1 Å². The second-order valence-electron chi connectivity index (χ2n) is 6.34. The number of imide groups is 1. The molecule has 3 rings (SSSR count). The van der Waals surface area contributed by atoms with E-state index in [1.54, 1.807) is 31.2 Å². The summed E-state index contributed by atoms with van der Waals surface area (Å²) in [6, 6.07) is 6.72. The van der Waals surface area contributed by atoms with Crippen LogP contribution in [0.1, 0.15) is 27.6 Å². The summed E-state index contributed by atoms with van der Waals surface area (Å²) in [5.74, 6) is -2.97. The van der Waals surface area contributed by atoms with Gasteiger partial charge in [-0.05, 0) is 19.1 Å². The van der Waals surface area contributed by atoms with Gasteiger partial charge in [-0.2, -0.15) is 0 Å². The number of anilines is 1. The molecule has 12 heteroatoms. The maximum Gasteiger partial charge on any atom is 0.326 e. The highest BCUT2D eigenvalue weighted by Crippen LogP contribution is 2.44. The van der Waals surface area contributed by atoms with E-state index in [1.165, 1.54) is 0 Å². The molecule has 1 aliphatic rings. The van der Waals surface area contributed by atoms with Crippen molar-refractivity contribution in [2.45, 2.75) is 6.92 Å². The Kier molecular flexibility index (Phi) is 7.51. The second kappa shape index (κ2) is 9.95. The topological polar surface area (TPSA) is 102 Å². The number of hydrogen-bond donors (Lipinski definition) is 1. The van der Waals surface area contributed by atoms with Gasteiger partial charge in [0.15, 0.2) is 6.61 Å². The van der Waals surface area contributed by atoms with E-state index in [1.807, 2.05) is 0 Å². The van der Waals surface area contributed by atoms with Gasteiger partial charge in [-0.15, -0.1) is 0 Å². The van der Waals surface area contributed by atoms with Crippen LogP contribution in [0.2, 0.25) is 20.1 Å². The minimum Gasteiger partial charge on any atom is -0.492 e. The summed E-state index contributed by atoms with van der Waals surface area (Å²) in [5.41, 5.74) is -0.114. The third kappa shape index (κ3) is 4.63. The molecule has 0 unspecified atom stereocenters. The van der Waals surface area contributed by atoms with Gasteiger partial charge in [-0.3, -0.25) is 24.1 Å². The Labute approximate surface area is 202 Å². The number of hydrogen-bond acceptors (Lipinski definition) is 6. The molecular weight excluding hydrogens is 506 g/mol. The Morgan fingerprint density at radius 1 is 0.938 bits per heavy atom. The van der Waals surface area contributed by atoms with E-state index in [2.05, 4.69) is 5.32 Å². The Morgan fingerprint density at radius 3 is 2.06 bits per heavy atom. The van der Waals surface area contributed by atoms with Gasteiger partial charge in [0.25, 0.3) is 17.7 Å². The number of carbonyl (C=O) groups excluding carboxylic acids is 4. The number of para-hydroxylation sites is 2. The zero-order valence-electron chi connectivity index (χ0n) is 16.3. The zero-order chi connectivity index (χ0) is 23.6. The molecule has 0 fully saturated rings. The van der Waals surface area contributed by atoms with E-state index < -0.39 is 36.8 Å². The van der Waals surface area contributed by atoms with Crippen LogP contribution in [0.4, 0.5) is 5.69 Å². The quantitative estimate of drug-likeness (QED) is 0.250. The van der Waals surface area contributed by atoms with Gasteiger partial charge in [0, 0.05) is 0 Å². The highest BCUT2D eigenvalue weighted by atomic mass is 35.5. The highest BCUT2D eigenvalue weighted by molar-refractivity contribution is 6.55. The van der Waals surface area contributed by atoms with Gasteiger partial charge < -0.3 is 14.8 Å². The number of rotatable bonds is 7. The number of fused-ring (bicyclic) bond motifs is 1. The van der Waals surface area contributed by atoms with Crippen LogP contribution in [-0.2, 0) is 14.3 Å². The SMILES string of the molecule is CCOc1ccccc1NC(=O)COC(=O)CN1C(=O)c2c(Cl)c(Cl)c(Cl)c(Cl)c2C1=O. The van der Waals surface area contributed by atoms with Crippen LogP contribution in [0.25, 0.3) is 0 Å². The number of ether oxygens (including phenoxy) is 2. The van der Waals surface area contributed by atoms with Crippen LogP contribution in [0.3, 0.4) is 0 Å². The normalized spacial score (nSPS) is 12.6. The Morgan fingerprint density at radius 2 is 1.50 bits per heavy atom. The van der Waals surface area contributed by atoms with Crippen LogP contribution in [0.5, 0.6) is 5.75 Å². The molecule has 168 valence electrons. The molecular formula is C20H14Cl4N2O6. The van der Waals surface area contributed by atoms with Crippen LogP contribution in [0, 0.1) is 0 Å². The molecule has 1 heterocycles. The second-order valence-corrected chi connectivity index (χ2v) is 7.85. The van der Waals surface area contributed by atoms with Crippen molar-refractivity contribution in [3.63, 3.8) is 0 Å². The minimum absolute atomic E-state index is 0.188. The minimum atomic E-state index is -1.00. The molecule has 0 radical (unpaired) electrons. The first-order valence-electron chi connectivity index (χ1n) is 9.06.